The highest BCUT2D eigenvalue weighted by atomic mass is 16.5. The Hall–Kier alpha value is -2.69. The van der Waals surface area contributed by atoms with E-state index in [-0.39, 0.29) is 18.9 Å². The summed E-state index contributed by atoms with van der Waals surface area (Å²) >= 11 is 0. The number of rotatable bonds is 8. The van der Waals surface area contributed by atoms with Crippen LogP contribution in [0.2, 0.25) is 0 Å². The lowest BCUT2D eigenvalue weighted by atomic mass is 10.1. The Morgan fingerprint density at radius 1 is 1.38 bits per heavy atom. The lowest BCUT2D eigenvalue weighted by molar-refractivity contribution is -0.120. The molecule has 0 radical (unpaired) electrons. The van der Waals surface area contributed by atoms with Crippen molar-refractivity contribution in [2.75, 3.05) is 19.8 Å². The van der Waals surface area contributed by atoms with Gasteiger partial charge in [-0.3, -0.25) is 4.79 Å². The molecule has 1 aromatic heterocycles. The van der Waals surface area contributed by atoms with Crippen LogP contribution in [0.5, 0.6) is 0 Å². The van der Waals surface area contributed by atoms with E-state index < -0.39 is 0 Å². The number of carbonyl (C=O) groups is 1. The van der Waals surface area contributed by atoms with Crippen LogP contribution < -0.4 is 5.32 Å². The molecule has 1 amide bonds. The normalized spacial score (nSPS) is 16.3. The number of nitrogens with zero attached hydrogens (tertiary/aromatic N) is 2. The molecule has 7 heteroatoms. The van der Waals surface area contributed by atoms with Crippen LogP contribution >= 0.6 is 0 Å². The molecule has 7 nitrogen and oxygen atoms in total. The molecule has 1 aliphatic rings. The summed E-state index contributed by atoms with van der Waals surface area (Å²) in [5.74, 6) is 0.888. The highest BCUT2D eigenvalue weighted by Crippen LogP contribution is 2.12. The van der Waals surface area contributed by atoms with Crippen LogP contribution in [0.15, 0.2) is 34.9 Å². The van der Waals surface area contributed by atoms with Crippen molar-refractivity contribution in [2.24, 2.45) is 5.92 Å². The van der Waals surface area contributed by atoms with Gasteiger partial charge in [-0.1, -0.05) is 17.3 Å². The summed E-state index contributed by atoms with van der Waals surface area (Å²) in [6, 6.07) is 11.1. The molecule has 1 N–H and O–H groups in total. The minimum atomic E-state index is -0.0778. The summed E-state index contributed by atoms with van der Waals surface area (Å²) < 4.78 is 16.1. The molecule has 1 fully saturated rings. The average Bonchev–Trinajstić information content (AvgIpc) is 3.32. The van der Waals surface area contributed by atoms with Crippen molar-refractivity contribution in [3.8, 4) is 6.07 Å². The van der Waals surface area contributed by atoms with Crippen LogP contribution in [0.3, 0.4) is 0 Å². The van der Waals surface area contributed by atoms with E-state index in [9.17, 15) is 4.79 Å². The Kier molecular flexibility index (Phi) is 6.36. The lowest BCUT2D eigenvalue weighted by Crippen LogP contribution is -2.30. The van der Waals surface area contributed by atoms with Crippen molar-refractivity contribution in [3.63, 3.8) is 0 Å². The minimum Gasteiger partial charge on any atom is -0.381 e. The lowest BCUT2D eigenvalue weighted by Gasteiger charge is -2.08. The van der Waals surface area contributed by atoms with Gasteiger partial charge in [0, 0.05) is 25.1 Å². The molecule has 1 saturated heterocycles. The maximum atomic E-state index is 11.9. The molecule has 0 aliphatic carbocycles. The molecule has 0 spiro atoms. The Morgan fingerprint density at radius 3 is 3.12 bits per heavy atom. The zero-order chi connectivity index (χ0) is 18.2. The summed E-state index contributed by atoms with van der Waals surface area (Å²) in [4.78, 5) is 11.9. The van der Waals surface area contributed by atoms with Crippen LogP contribution in [0.4, 0.5) is 0 Å². The number of amides is 1. The van der Waals surface area contributed by atoms with E-state index in [4.69, 9.17) is 19.3 Å². The van der Waals surface area contributed by atoms with Gasteiger partial charge in [0.15, 0.2) is 5.76 Å². The summed E-state index contributed by atoms with van der Waals surface area (Å²) in [6.07, 6.45) is 1.17. The van der Waals surface area contributed by atoms with Gasteiger partial charge in [0.1, 0.15) is 6.61 Å². The minimum absolute atomic E-state index is 0.0778. The maximum absolute atomic E-state index is 11.9. The standard InChI is InChI=1S/C19H21N3O4/c20-9-14-2-1-3-15(6-14)11-25-13-18-7-17(22-26-18)8-19(23)21-10-16-4-5-24-12-16/h1-3,6-7,16H,4-5,8,10-13H2,(H,21,23). The molecule has 1 unspecified atom stereocenters. The van der Waals surface area contributed by atoms with E-state index in [0.29, 0.717) is 42.7 Å². The van der Waals surface area contributed by atoms with Crippen LogP contribution in [0.1, 0.15) is 29.0 Å². The Labute approximate surface area is 151 Å². The molecular formula is C19H21N3O4. The number of ether oxygens (including phenoxy) is 2. The first kappa shape index (κ1) is 18.1. The van der Waals surface area contributed by atoms with E-state index in [2.05, 4.69) is 16.5 Å². The molecule has 26 heavy (non-hydrogen) atoms. The quantitative estimate of drug-likeness (QED) is 0.777. The van der Waals surface area contributed by atoms with Gasteiger partial charge in [-0.05, 0) is 24.1 Å². The van der Waals surface area contributed by atoms with Crippen molar-refractivity contribution in [1.82, 2.24) is 10.5 Å². The van der Waals surface area contributed by atoms with Gasteiger partial charge < -0.3 is 19.3 Å². The Balaban J connectivity index is 1.39. The molecule has 2 aromatic rings. The molecule has 136 valence electrons. The molecular weight excluding hydrogens is 334 g/mol. The van der Waals surface area contributed by atoms with Gasteiger partial charge in [0.05, 0.1) is 37.0 Å². The number of hydrogen-bond acceptors (Lipinski definition) is 6. The molecule has 1 aromatic carbocycles. The highest BCUT2D eigenvalue weighted by Gasteiger charge is 2.17. The van der Waals surface area contributed by atoms with Crippen LogP contribution in [0.25, 0.3) is 0 Å². The molecule has 2 heterocycles. The fourth-order valence-corrected chi connectivity index (χ4v) is 2.74. The third-order valence-corrected chi connectivity index (χ3v) is 4.13. The number of benzene rings is 1. The number of nitrogens with one attached hydrogen (secondary N) is 1. The van der Waals surface area contributed by atoms with E-state index in [0.717, 1.165) is 18.6 Å². The smallest absolute Gasteiger partial charge is 0.226 e. The van der Waals surface area contributed by atoms with Crippen molar-refractivity contribution < 1.29 is 18.8 Å². The number of carbonyl (C=O) groups excluding carboxylic acids is 1. The van der Waals surface area contributed by atoms with Gasteiger partial charge in [-0.2, -0.15) is 5.26 Å². The second kappa shape index (κ2) is 9.13. The largest absolute Gasteiger partial charge is 0.381 e. The molecule has 3 rings (SSSR count). The average molecular weight is 355 g/mol. The summed E-state index contributed by atoms with van der Waals surface area (Å²) in [5.41, 5.74) is 2.09. The van der Waals surface area contributed by atoms with Crippen molar-refractivity contribution >= 4 is 5.91 Å². The van der Waals surface area contributed by atoms with Gasteiger partial charge in [-0.15, -0.1) is 0 Å². The van der Waals surface area contributed by atoms with Crippen molar-refractivity contribution in [1.29, 1.82) is 5.26 Å². The number of hydrogen-bond donors (Lipinski definition) is 1. The van der Waals surface area contributed by atoms with E-state index in [1.807, 2.05) is 12.1 Å². The van der Waals surface area contributed by atoms with Crippen molar-refractivity contribution in [3.05, 3.63) is 52.9 Å². The van der Waals surface area contributed by atoms with Gasteiger partial charge >= 0.3 is 0 Å². The van der Waals surface area contributed by atoms with Gasteiger partial charge in [0.25, 0.3) is 0 Å². The first-order valence-corrected chi connectivity index (χ1v) is 8.58. The zero-order valence-corrected chi connectivity index (χ0v) is 14.4. The summed E-state index contributed by atoms with van der Waals surface area (Å²) in [6.45, 7) is 2.74. The monoisotopic (exact) mass is 355 g/mol. The second-order valence-electron chi connectivity index (χ2n) is 6.30. The van der Waals surface area contributed by atoms with Crippen LogP contribution in [-0.4, -0.2) is 30.8 Å². The first-order valence-electron chi connectivity index (χ1n) is 8.58. The second-order valence-corrected chi connectivity index (χ2v) is 6.30. The summed E-state index contributed by atoms with van der Waals surface area (Å²) in [5, 5.41) is 15.7. The fourth-order valence-electron chi connectivity index (χ4n) is 2.74. The molecule has 1 atom stereocenters. The summed E-state index contributed by atoms with van der Waals surface area (Å²) in [7, 11) is 0. The maximum Gasteiger partial charge on any atom is 0.226 e. The number of nitriles is 1. The Morgan fingerprint density at radius 2 is 2.31 bits per heavy atom. The number of aromatic nitrogens is 1. The highest BCUT2D eigenvalue weighted by molar-refractivity contribution is 5.78. The van der Waals surface area contributed by atoms with E-state index in [1.165, 1.54) is 0 Å². The van der Waals surface area contributed by atoms with Gasteiger partial charge in [-0.25, -0.2) is 0 Å². The Bertz CT molecular complexity index is 775. The molecule has 0 bridgehead atoms. The van der Waals surface area contributed by atoms with Crippen LogP contribution in [0, 0.1) is 17.2 Å². The predicted octanol–water partition coefficient (Wildman–Crippen LogP) is 1.96. The predicted molar refractivity (Wildman–Crippen MR) is 91.8 cm³/mol. The van der Waals surface area contributed by atoms with E-state index >= 15 is 0 Å². The molecule has 0 saturated carbocycles. The SMILES string of the molecule is N#Cc1cccc(COCc2cc(CC(=O)NCC3CCOC3)no2)c1. The third kappa shape index (κ3) is 5.41. The fraction of sp³-hybridized carbons (Fsp3) is 0.421. The zero-order valence-electron chi connectivity index (χ0n) is 14.4. The third-order valence-electron chi connectivity index (χ3n) is 4.13. The van der Waals surface area contributed by atoms with Gasteiger partial charge in [0.2, 0.25) is 5.91 Å². The van der Waals surface area contributed by atoms with E-state index in [1.54, 1.807) is 18.2 Å². The topological polar surface area (TPSA) is 97.4 Å². The van der Waals surface area contributed by atoms with Crippen LogP contribution in [-0.2, 0) is 33.9 Å². The van der Waals surface area contributed by atoms with Crippen molar-refractivity contribution in [2.45, 2.75) is 26.1 Å². The molecule has 1 aliphatic heterocycles. The first-order chi connectivity index (χ1) is 12.7.